The number of methoxy groups -OCH3 is 2. The number of phenolic OH excluding ortho intramolecular Hbond substituents is 3. The van der Waals surface area contributed by atoms with Crippen LogP contribution in [0.15, 0.2) is 125 Å². The second-order valence-corrected chi connectivity index (χ2v) is 23.8. The zero-order valence-corrected chi connectivity index (χ0v) is 56.2. The van der Waals surface area contributed by atoms with Crippen LogP contribution in [0.5, 0.6) is 17.2 Å². The number of nitrogens with one attached hydrogen (secondary N) is 10. The van der Waals surface area contributed by atoms with Gasteiger partial charge in [-0.3, -0.25) is 47.9 Å². The lowest BCUT2D eigenvalue weighted by Crippen LogP contribution is -2.49. The lowest BCUT2D eigenvalue weighted by atomic mass is 10.2. The Morgan fingerprint density at radius 2 is 0.798 bits per heavy atom. The number of phenols is 3. The molecule has 0 saturated carbocycles. The standard InChI is InChI=1S/C23H23N5O7S.C22H21N5O7S.C18H21N3O5S.ClH/c1-12-6-17(21(32)26-8-13-4-3-5-14(29)7-13)36-19(12)22(33)28-16(23(34)35-2)10-27-20(31)15-9-25-18(30)11-24-15;1-11-5-16(20(31)25-7-12-3-2-4-13(28)6-12)35-18(11)21(32)27-15(22(33)34)9-26-19(30)14-8-24-17(29)10-23-14;1-10-6-14(16(23)20-9-11-4-3-5-12(22)7-11)27-15(10)17(24)21-13(8-19)18(25)26-2;/h3-7,9,11,16,29H,8,10H2,1-2H3,(H,25,30)(H,26,32)(H,27,31)(H,28,33);2-6,8,10,15,28H,7,9H2,1H3,(H,24,29)(H,25,31)(H,26,30)(H,27,32)(H,33,34);3-7,13,22H,8-9,19H2,1-2H3,(H,20,23)(H,21,24);1H/t16-;15-;13-;/m000./s1. The lowest BCUT2D eigenvalue weighted by molar-refractivity contribution is -0.143. The summed E-state index contributed by atoms with van der Waals surface area (Å²) in [5, 5.41) is 58.2. The number of carbonyl (C=O) groups excluding carboxylic acids is 10. The van der Waals surface area contributed by atoms with Crippen molar-refractivity contribution in [2.75, 3.05) is 33.9 Å². The van der Waals surface area contributed by atoms with Crippen molar-refractivity contribution in [3.05, 3.63) is 211 Å². The van der Waals surface area contributed by atoms with E-state index in [1.807, 2.05) is 0 Å². The minimum atomic E-state index is -1.46. The fraction of sp³-hybridized carbons (Fsp3) is 0.222. The number of nitrogens with zero attached hydrogens (tertiary/aromatic N) is 2. The number of carbonyl (C=O) groups is 11. The number of benzene rings is 3. The molecule has 3 aromatic carbocycles. The van der Waals surface area contributed by atoms with E-state index < -0.39 is 95.0 Å². The Bertz CT molecular complexity index is 4360. The van der Waals surface area contributed by atoms with Crippen LogP contribution in [0.25, 0.3) is 0 Å². The summed E-state index contributed by atoms with van der Waals surface area (Å²) in [5.41, 5.74) is 8.02. The molecule has 5 aromatic heterocycles. The second-order valence-electron chi connectivity index (χ2n) is 20.6. The monoisotopic (exact) mass is 1440 g/mol. The molecule has 3 atom stereocenters. The number of aromatic amines is 2. The van der Waals surface area contributed by atoms with E-state index >= 15 is 0 Å². The number of esters is 2. The highest BCUT2D eigenvalue weighted by Gasteiger charge is 2.29. The van der Waals surface area contributed by atoms with Crippen molar-refractivity contribution in [2.45, 2.75) is 58.5 Å². The van der Waals surface area contributed by atoms with Crippen molar-refractivity contribution >= 4 is 112 Å². The first-order valence-corrected chi connectivity index (χ1v) is 31.3. The Labute approximate surface area is 579 Å². The van der Waals surface area contributed by atoms with Crippen LogP contribution in [0.4, 0.5) is 0 Å². The third kappa shape index (κ3) is 23.6. The van der Waals surface area contributed by atoms with E-state index in [0.29, 0.717) is 37.6 Å². The molecule has 0 fully saturated rings. The number of carboxylic acid groups (broad SMARTS) is 1. The molecular formula is C63H66ClN13O19S3. The summed E-state index contributed by atoms with van der Waals surface area (Å²) < 4.78 is 9.30. The van der Waals surface area contributed by atoms with E-state index in [9.17, 15) is 82.8 Å². The van der Waals surface area contributed by atoms with Crippen molar-refractivity contribution < 1.29 is 82.6 Å². The first kappa shape index (κ1) is 78.0. The number of amides is 8. The average molecular weight is 1440 g/mol. The SMILES string of the molecule is COC(=O)[C@H](CN)NC(=O)c1sc(C(=O)NCc2cccc(O)c2)cc1C.COC(=O)[C@H](CNC(=O)c1c[nH]c(=O)cn1)NC(=O)c1sc(C(=O)NCc2cccc(O)c2)cc1C.Cc1cc(C(=O)NCc2cccc(O)c2)sc1C(=O)N[C@@H](CNC(=O)c1c[nH]c(=O)cn1)C(=O)O.Cl. The Balaban J connectivity index is 0.000000270. The minimum Gasteiger partial charge on any atom is -0.508 e. The molecule has 0 aliphatic rings. The van der Waals surface area contributed by atoms with Crippen LogP contribution in [0, 0.1) is 20.8 Å². The van der Waals surface area contributed by atoms with E-state index in [-0.39, 0.29) is 99.2 Å². The number of ether oxygens (including phenoxy) is 2. The van der Waals surface area contributed by atoms with E-state index in [4.69, 9.17) is 10.5 Å². The largest absolute Gasteiger partial charge is 0.508 e. The summed E-state index contributed by atoms with van der Waals surface area (Å²) in [5.74, 6) is -6.97. The van der Waals surface area contributed by atoms with Crippen LogP contribution >= 0.6 is 46.4 Å². The number of rotatable bonds is 25. The van der Waals surface area contributed by atoms with Crippen LogP contribution in [0.1, 0.15) is 112 Å². The van der Waals surface area contributed by atoms with Crippen molar-refractivity contribution in [3.8, 4) is 17.2 Å². The van der Waals surface area contributed by atoms with Gasteiger partial charge in [0.25, 0.3) is 58.4 Å². The molecule has 36 heteroatoms. The first-order chi connectivity index (χ1) is 46.7. The van der Waals surface area contributed by atoms with Gasteiger partial charge in [0.05, 0.1) is 55.9 Å². The normalized spacial score (nSPS) is 11.3. The number of halogens is 1. The summed E-state index contributed by atoms with van der Waals surface area (Å²) >= 11 is 2.85. The van der Waals surface area contributed by atoms with Gasteiger partial charge in [0.15, 0.2) is 0 Å². The zero-order valence-electron chi connectivity index (χ0n) is 53.0. The predicted molar refractivity (Wildman–Crippen MR) is 361 cm³/mol. The molecule has 8 aromatic rings. The molecule has 5 heterocycles. The van der Waals surface area contributed by atoms with Crippen LogP contribution < -0.4 is 59.4 Å². The molecule has 0 radical (unpaired) electrons. The van der Waals surface area contributed by atoms with Gasteiger partial charge in [-0.15, -0.1) is 46.4 Å². The number of aromatic hydroxyl groups is 3. The summed E-state index contributed by atoms with van der Waals surface area (Å²) in [6.45, 7) is 4.69. The van der Waals surface area contributed by atoms with E-state index in [0.717, 1.165) is 71.5 Å². The van der Waals surface area contributed by atoms with Gasteiger partial charge in [0.2, 0.25) is 0 Å². The van der Waals surface area contributed by atoms with Crippen molar-refractivity contribution in [3.63, 3.8) is 0 Å². The Morgan fingerprint density at radius 1 is 0.475 bits per heavy atom. The molecule has 8 rings (SSSR count). The average Bonchev–Trinajstić information content (AvgIpc) is 1.72. The fourth-order valence-electron chi connectivity index (χ4n) is 8.33. The number of hydrogen-bond donors (Lipinski definition) is 15. The van der Waals surface area contributed by atoms with Crippen molar-refractivity contribution in [1.82, 2.24) is 62.5 Å². The van der Waals surface area contributed by atoms with Gasteiger partial charge in [-0.1, -0.05) is 36.4 Å². The fourth-order valence-corrected chi connectivity index (χ4v) is 11.3. The Kier molecular flexibility index (Phi) is 29.6. The minimum absolute atomic E-state index is 0. The molecule has 0 saturated heterocycles. The van der Waals surface area contributed by atoms with Crippen molar-refractivity contribution in [2.24, 2.45) is 5.73 Å². The number of thiophene rings is 3. The van der Waals surface area contributed by atoms with Crippen molar-refractivity contribution in [1.29, 1.82) is 0 Å². The highest BCUT2D eigenvalue weighted by Crippen LogP contribution is 2.25. The molecule has 99 heavy (non-hydrogen) atoms. The van der Waals surface area contributed by atoms with Gasteiger partial charge in [0.1, 0.15) is 46.8 Å². The summed E-state index contributed by atoms with van der Waals surface area (Å²) in [7, 11) is 2.35. The number of aromatic nitrogens is 4. The van der Waals surface area contributed by atoms with Crippen LogP contribution in [-0.4, -0.2) is 158 Å². The number of nitrogens with two attached hydrogens (primary N) is 1. The molecule has 8 amide bonds. The van der Waals surface area contributed by atoms with E-state index in [1.165, 1.54) is 37.4 Å². The molecule has 0 bridgehead atoms. The number of H-pyrrole nitrogens is 2. The second kappa shape index (κ2) is 37.6. The van der Waals surface area contributed by atoms with Gasteiger partial charge in [0, 0.05) is 51.7 Å². The Hall–Kier alpha value is -11.7. The number of aryl methyl sites for hydroxylation is 3. The third-order valence-electron chi connectivity index (χ3n) is 13.3. The third-order valence-corrected chi connectivity index (χ3v) is 17.0. The first-order valence-electron chi connectivity index (χ1n) is 28.8. The smallest absolute Gasteiger partial charge is 0.330 e. The molecule has 32 nitrogen and oxygen atoms in total. The predicted octanol–water partition coefficient (Wildman–Crippen LogP) is 2.21. The summed E-state index contributed by atoms with van der Waals surface area (Å²) in [6, 6.07) is 20.4. The van der Waals surface area contributed by atoms with Gasteiger partial charge in [-0.2, -0.15) is 0 Å². The zero-order chi connectivity index (χ0) is 71.8. The van der Waals surface area contributed by atoms with Gasteiger partial charge in [-0.25, -0.2) is 24.4 Å². The summed E-state index contributed by atoms with van der Waals surface area (Å²) in [6.07, 6.45) is 4.04. The molecule has 0 aliphatic heterocycles. The molecule has 0 aliphatic carbocycles. The highest BCUT2D eigenvalue weighted by molar-refractivity contribution is 7.17. The topological polar surface area (TPSA) is 501 Å². The van der Waals surface area contributed by atoms with Gasteiger partial charge < -0.3 is 88.1 Å². The van der Waals surface area contributed by atoms with Gasteiger partial charge in [-0.05, 0) is 109 Å². The van der Waals surface area contributed by atoms with E-state index in [1.54, 1.807) is 81.4 Å². The number of carboxylic acids is 1. The Morgan fingerprint density at radius 3 is 1.10 bits per heavy atom. The van der Waals surface area contributed by atoms with E-state index in [2.05, 4.69) is 67.2 Å². The highest BCUT2D eigenvalue weighted by atomic mass is 35.5. The molecular weight excluding hydrogens is 1370 g/mol. The van der Waals surface area contributed by atoms with Crippen LogP contribution in [-0.2, 0) is 43.5 Å². The molecule has 16 N–H and O–H groups in total. The van der Waals surface area contributed by atoms with Crippen LogP contribution in [0.3, 0.4) is 0 Å². The summed E-state index contributed by atoms with van der Waals surface area (Å²) in [4.78, 5) is 171. The van der Waals surface area contributed by atoms with Crippen LogP contribution in [0.2, 0.25) is 0 Å². The quantitative estimate of drug-likeness (QED) is 0.0365. The maximum absolute atomic E-state index is 12.9. The number of aliphatic carboxylic acids is 1. The number of hydrogen-bond acceptors (Lipinski definition) is 24. The maximum atomic E-state index is 12.9. The van der Waals surface area contributed by atoms with Gasteiger partial charge >= 0.3 is 17.9 Å². The molecule has 0 unspecified atom stereocenters. The maximum Gasteiger partial charge on any atom is 0.330 e. The molecule has 0 spiro atoms. The molecule has 522 valence electrons. The lowest BCUT2D eigenvalue weighted by Gasteiger charge is -2.17.